The molecule has 0 aromatic heterocycles. The Labute approximate surface area is 174 Å². The van der Waals surface area contributed by atoms with Crippen LogP contribution in [0, 0.1) is 5.92 Å². The third-order valence-corrected chi connectivity index (χ3v) is 5.84. The summed E-state index contributed by atoms with van der Waals surface area (Å²) >= 11 is 17.4. The molecule has 0 bridgehead atoms. The Morgan fingerprint density at radius 3 is 2.33 bits per heavy atom. The van der Waals surface area contributed by atoms with E-state index in [1.807, 2.05) is 48.5 Å². The number of rotatable bonds is 2. The molecule has 6 heteroatoms. The normalized spacial score (nSPS) is 23.3. The Hall–Kier alpha value is -1.88. The highest BCUT2D eigenvalue weighted by molar-refractivity contribution is 7.80. The lowest BCUT2D eigenvalue weighted by atomic mass is 9.77. The number of nitrogens with zero attached hydrogens (tertiary/aromatic N) is 2. The molecule has 1 heterocycles. The van der Waals surface area contributed by atoms with Crippen molar-refractivity contribution in [2.75, 3.05) is 0 Å². The lowest BCUT2D eigenvalue weighted by molar-refractivity contribution is 0.305. The van der Waals surface area contributed by atoms with E-state index >= 15 is 0 Å². The van der Waals surface area contributed by atoms with E-state index in [1.165, 1.54) is 5.57 Å². The standard InChI is InChI=1S/C21H19Cl2N3S/c22-16-8-4-13(5-9-16)12-15-2-1-3-18-19(15)25-26(21(24)27)20(18)14-6-10-17(23)11-7-14/h4-12,18,20H,1-3H2,(H2,24,27)/b15-12+. The Morgan fingerprint density at radius 1 is 1.07 bits per heavy atom. The number of benzene rings is 2. The first-order valence-corrected chi connectivity index (χ1v) is 10.1. The van der Waals surface area contributed by atoms with Crippen LogP contribution in [0.2, 0.25) is 10.0 Å². The molecule has 2 atom stereocenters. The van der Waals surface area contributed by atoms with Crippen molar-refractivity contribution in [2.24, 2.45) is 16.8 Å². The minimum Gasteiger partial charge on any atom is -0.375 e. The quantitative estimate of drug-likeness (QED) is 0.626. The number of halogens is 2. The molecule has 2 unspecified atom stereocenters. The maximum absolute atomic E-state index is 6.07. The third kappa shape index (κ3) is 3.75. The number of thiocarbonyl (C=S) groups is 1. The van der Waals surface area contributed by atoms with E-state index in [-0.39, 0.29) is 12.0 Å². The molecule has 2 aromatic carbocycles. The first-order chi connectivity index (χ1) is 13.0. The maximum atomic E-state index is 6.07. The van der Waals surface area contributed by atoms with E-state index < -0.39 is 0 Å². The van der Waals surface area contributed by atoms with Gasteiger partial charge in [0, 0.05) is 16.0 Å². The van der Waals surface area contributed by atoms with Crippen LogP contribution in [0.3, 0.4) is 0 Å². The van der Waals surface area contributed by atoms with Crippen molar-refractivity contribution in [1.29, 1.82) is 0 Å². The summed E-state index contributed by atoms with van der Waals surface area (Å²) in [5, 5.41) is 8.38. The fourth-order valence-corrected chi connectivity index (χ4v) is 4.34. The lowest BCUT2D eigenvalue weighted by Gasteiger charge is -2.29. The molecule has 0 radical (unpaired) electrons. The van der Waals surface area contributed by atoms with Gasteiger partial charge in [-0.15, -0.1) is 0 Å². The van der Waals surface area contributed by atoms with Crippen molar-refractivity contribution in [2.45, 2.75) is 25.3 Å². The van der Waals surface area contributed by atoms with Gasteiger partial charge in [-0.25, -0.2) is 5.01 Å². The molecule has 1 aliphatic heterocycles. The smallest absolute Gasteiger partial charge is 0.187 e. The van der Waals surface area contributed by atoms with E-state index in [1.54, 1.807) is 5.01 Å². The zero-order chi connectivity index (χ0) is 19.0. The Morgan fingerprint density at radius 2 is 1.70 bits per heavy atom. The van der Waals surface area contributed by atoms with Crippen LogP contribution in [-0.2, 0) is 0 Å². The summed E-state index contributed by atoms with van der Waals surface area (Å²) in [5.74, 6) is 0.264. The molecule has 0 saturated heterocycles. The molecule has 2 aliphatic rings. The third-order valence-electron chi connectivity index (χ3n) is 5.15. The van der Waals surface area contributed by atoms with Gasteiger partial charge in [-0.05, 0) is 78.5 Å². The molecule has 1 aliphatic carbocycles. The van der Waals surface area contributed by atoms with E-state index in [0.717, 1.165) is 41.1 Å². The van der Waals surface area contributed by atoms with E-state index in [0.29, 0.717) is 10.1 Å². The zero-order valence-electron chi connectivity index (χ0n) is 14.6. The van der Waals surface area contributed by atoms with Crippen molar-refractivity contribution in [3.05, 3.63) is 75.3 Å². The van der Waals surface area contributed by atoms with Crippen LogP contribution < -0.4 is 5.73 Å². The van der Waals surface area contributed by atoms with E-state index in [2.05, 4.69) is 6.08 Å². The van der Waals surface area contributed by atoms with Crippen LogP contribution in [0.25, 0.3) is 6.08 Å². The van der Waals surface area contributed by atoms with Gasteiger partial charge >= 0.3 is 0 Å². The highest BCUT2D eigenvalue weighted by atomic mass is 35.5. The van der Waals surface area contributed by atoms with Crippen molar-refractivity contribution < 1.29 is 0 Å². The van der Waals surface area contributed by atoms with Gasteiger partial charge in [0.05, 0.1) is 11.8 Å². The van der Waals surface area contributed by atoms with Gasteiger partial charge in [-0.2, -0.15) is 5.10 Å². The van der Waals surface area contributed by atoms with Crippen molar-refractivity contribution >= 4 is 52.3 Å². The summed E-state index contributed by atoms with van der Waals surface area (Å²) in [7, 11) is 0. The summed E-state index contributed by atoms with van der Waals surface area (Å²) in [6.07, 6.45) is 5.36. The number of hydrogen-bond acceptors (Lipinski definition) is 2. The topological polar surface area (TPSA) is 41.6 Å². The van der Waals surface area contributed by atoms with Gasteiger partial charge in [0.25, 0.3) is 0 Å². The fraction of sp³-hybridized carbons (Fsp3) is 0.238. The van der Waals surface area contributed by atoms with E-state index in [9.17, 15) is 0 Å². The highest BCUT2D eigenvalue weighted by Crippen LogP contribution is 2.44. The van der Waals surface area contributed by atoms with E-state index in [4.69, 9.17) is 46.3 Å². The van der Waals surface area contributed by atoms with Crippen LogP contribution in [0.15, 0.2) is 59.2 Å². The monoisotopic (exact) mass is 415 g/mol. The van der Waals surface area contributed by atoms with Crippen molar-refractivity contribution in [3.8, 4) is 0 Å². The Bertz CT molecular complexity index is 919. The molecule has 2 aromatic rings. The van der Waals surface area contributed by atoms with Gasteiger partial charge in [-0.3, -0.25) is 0 Å². The first-order valence-electron chi connectivity index (χ1n) is 8.92. The molecule has 2 N–H and O–H groups in total. The molecule has 4 rings (SSSR count). The van der Waals surface area contributed by atoms with Gasteiger partial charge in [0.2, 0.25) is 0 Å². The number of fused-ring (bicyclic) bond motifs is 1. The maximum Gasteiger partial charge on any atom is 0.187 e. The predicted octanol–water partition coefficient (Wildman–Crippen LogP) is 5.83. The molecular weight excluding hydrogens is 397 g/mol. The SMILES string of the molecule is NC(=S)N1N=C2/C(=C/c3ccc(Cl)cc3)CCCC2C1c1ccc(Cl)cc1. The molecule has 3 nitrogen and oxygen atoms in total. The lowest BCUT2D eigenvalue weighted by Crippen LogP contribution is -2.34. The molecule has 0 spiro atoms. The summed E-state index contributed by atoms with van der Waals surface area (Å²) in [6, 6.07) is 15.8. The fourth-order valence-electron chi connectivity index (χ4n) is 3.94. The van der Waals surface area contributed by atoms with Gasteiger partial charge in [-0.1, -0.05) is 47.5 Å². The minimum absolute atomic E-state index is 0.0173. The van der Waals surface area contributed by atoms with Gasteiger partial charge in [0.1, 0.15) is 0 Å². The van der Waals surface area contributed by atoms with Crippen LogP contribution in [0.4, 0.5) is 0 Å². The summed E-state index contributed by atoms with van der Waals surface area (Å²) < 4.78 is 0. The second kappa shape index (κ2) is 7.63. The molecular formula is C21H19Cl2N3S. The zero-order valence-corrected chi connectivity index (χ0v) is 16.9. The van der Waals surface area contributed by atoms with Crippen LogP contribution in [-0.4, -0.2) is 15.8 Å². The molecule has 0 amide bonds. The molecule has 1 fully saturated rings. The second-order valence-electron chi connectivity index (χ2n) is 6.88. The molecule has 27 heavy (non-hydrogen) atoms. The summed E-state index contributed by atoms with van der Waals surface area (Å²) in [5.41, 5.74) is 10.6. The molecule has 1 saturated carbocycles. The largest absolute Gasteiger partial charge is 0.375 e. The Kier molecular flexibility index (Phi) is 5.22. The Balaban J connectivity index is 1.72. The van der Waals surface area contributed by atoms with Crippen LogP contribution in [0.5, 0.6) is 0 Å². The first kappa shape index (κ1) is 18.5. The predicted molar refractivity (Wildman–Crippen MR) is 117 cm³/mol. The summed E-state index contributed by atoms with van der Waals surface area (Å²) in [6.45, 7) is 0. The number of allylic oxidation sites excluding steroid dienone is 1. The summed E-state index contributed by atoms with van der Waals surface area (Å²) in [4.78, 5) is 0. The van der Waals surface area contributed by atoms with Gasteiger partial charge in [0.15, 0.2) is 5.11 Å². The minimum atomic E-state index is 0.0173. The van der Waals surface area contributed by atoms with Crippen LogP contribution in [0.1, 0.15) is 36.4 Å². The average Bonchev–Trinajstić information content (AvgIpc) is 3.05. The van der Waals surface area contributed by atoms with Crippen LogP contribution >= 0.6 is 35.4 Å². The van der Waals surface area contributed by atoms with Crippen molar-refractivity contribution in [1.82, 2.24) is 5.01 Å². The second-order valence-corrected chi connectivity index (χ2v) is 8.18. The van der Waals surface area contributed by atoms with Gasteiger partial charge < -0.3 is 5.73 Å². The highest BCUT2D eigenvalue weighted by Gasteiger charge is 2.42. The average molecular weight is 416 g/mol. The number of hydrazone groups is 1. The number of hydrogen-bond donors (Lipinski definition) is 1. The van der Waals surface area contributed by atoms with Crippen molar-refractivity contribution in [3.63, 3.8) is 0 Å². The number of nitrogens with two attached hydrogens (primary N) is 1. The molecule has 138 valence electrons.